The van der Waals surface area contributed by atoms with E-state index >= 15 is 0 Å². The number of nitrogens with one attached hydrogen (secondary N) is 1. The van der Waals surface area contributed by atoms with Crippen molar-refractivity contribution < 1.29 is 23.7 Å². The van der Waals surface area contributed by atoms with Crippen molar-refractivity contribution in [2.24, 2.45) is 0 Å². The Balaban J connectivity index is 1.86. The van der Waals surface area contributed by atoms with Gasteiger partial charge in [0.1, 0.15) is 12.4 Å². The highest BCUT2D eigenvalue weighted by Crippen LogP contribution is 2.27. The molecule has 2 aromatic rings. The highest BCUT2D eigenvalue weighted by molar-refractivity contribution is 5.94. The summed E-state index contributed by atoms with van der Waals surface area (Å²) in [7, 11) is 1.56. The molecule has 0 heterocycles. The molecule has 140 valence electrons. The number of rotatable bonds is 10. The van der Waals surface area contributed by atoms with E-state index in [0.29, 0.717) is 37.0 Å². The molecular weight excluding hydrogens is 334 g/mol. The van der Waals surface area contributed by atoms with Crippen LogP contribution in [-0.4, -0.2) is 38.9 Å². The lowest BCUT2D eigenvalue weighted by molar-refractivity contribution is -0.122. The van der Waals surface area contributed by atoms with Gasteiger partial charge >= 0.3 is 0 Å². The average molecular weight is 359 g/mol. The topological polar surface area (TPSA) is 66.0 Å². The third-order valence-electron chi connectivity index (χ3n) is 3.56. The van der Waals surface area contributed by atoms with Gasteiger partial charge in [0.05, 0.1) is 13.7 Å². The predicted octanol–water partition coefficient (Wildman–Crippen LogP) is 3.52. The SMILES string of the molecule is CCOCCOc1ccc(NC(=O)C(C)Oc2ccccc2OC)cc1. The van der Waals surface area contributed by atoms with E-state index in [0.717, 1.165) is 5.75 Å². The van der Waals surface area contributed by atoms with E-state index in [-0.39, 0.29) is 5.91 Å². The van der Waals surface area contributed by atoms with Crippen LogP contribution in [-0.2, 0) is 9.53 Å². The van der Waals surface area contributed by atoms with Gasteiger partial charge in [0, 0.05) is 12.3 Å². The van der Waals surface area contributed by atoms with Crippen molar-refractivity contribution in [1.82, 2.24) is 0 Å². The molecule has 0 aromatic heterocycles. The van der Waals surface area contributed by atoms with Gasteiger partial charge in [-0.1, -0.05) is 12.1 Å². The Morgan fingerprint density at radius 3 is 2.38 bits per heavy atom. The fraction of sp³-hybridized carbons (Fsp3) is 0.350. The van der Waals surface area contributed by atoms with Gasteiger partial charge in [-0.2, -0.15) is 0 Å². The van der Waals surface area contributed by atoms with E-state index in [1.54, 1.807) is 50.4 Å². The van der Waals surface area contributed by atoms with Crippen molar-refractivity contribution in [3.8, 4) is 17.2 Å². The summed E-state index contributed by atoms with van der Waals surface area (Å²) < 4.78 is 21.7. The number of hydrogen-bond donors (Lipinski definition) is 1. The molecule has 1 N–H and O–H groups in total. The minimum atomic E-state index is -0.673. The summed E-state index contributed by atoms with van der Waals surface area (Å²) >= 11 is 0. The van der Waals surface area contributed by atoms with E-state index in [4.69, 9.17) is 18.9 Å². The van der Waals surface area contributed by atoms with Gasteiger partial charge in [0.15, 0.2) is 17.6 Å². The molecule has 0 spiro atoms. The summed E-state index contributed by atoms with van der Waals surface area (Å²) in [5.74, 6) is 1.58. The van der Waals surface area contributed by atoms with Crippen molar-refractivity contribution in [1.29, 1.82) is 0 Å². The van der Waals surface area contributed by atoms with Crippen LogP contribution < -0.4 is 19.5 Å². The normalized spacial score (nSPS) is 11.5. The number of benzene rings is 2. The molecule has 2 rings (SSSR count). The number of amides is 1. The Bertz CT molecular complexity index is 687. The summed E-state index contributed by atoms with van der Waals surface area (Å²) in [5, 5.41) is 2.82. The lowest BCUT2D eigenvalue weighted by atomic mass is 10.2. The van der Waals surface area contributed by atoms with Crippen molar-refractivity contribution >= 4 is 11.6 Å². The standard InChI is InChI=1S/C20H25NO5/c1-4-24-13-14-25-17-11-9-16(10-12-17)21-20(22)15(2)26-19-8-6-5-7-18(19)23-3/h5-12,15H,4,13-14H2,1-3H3,(H,21,22). The number of para-hydroxylation sites is 2. The highest BCUT2D eigenvalue weighted by atomic mass is 16.5. The maximum absolute atomic E-state index is 12.3. The molecule has 0 bridgehead atoms. The first kappa shape index (κ1) is 19.6. The monoisotopic (exact) mass is 359 g/mol. The van der Waals surface area contributed by atoms with E-state index in [2.05, 4.69) is 5.32 Å². The predicted molar refractivity (Wildman–Crippen MR) is 100 cm³/mol. The molecule has 6 heteroatoms. The first-order valence-electron chi connectivity index (χ1n) is 8.55. The Morgan fingerprint density at radius 1 is 1.04 bits per heavy atom. The smallest absolute Gasteiger partial charge is 0.265 e. The molecule has 0 saturated carbocycles. The third-order valence-corrected chi connectivity index (χ3v) is 3.56. The summed E-state index contributed by atoms with van der Waals surface area (Å²) in [6, 6.07) is 14.4. The van der Waals surface area contributed by atoms with Gasteiger partial charge in [0.25, 0.3) is 5.91 Å². The molecule has 0 radical (unpaired) electrons. The first-order chi connectivity index (χ1) is 12.6. The number of carbonyl (C=O) groups excluding carboxylic acids is 1. The van der Waals surface area contributed by atoms with Crippen LogP contribution in [0.25, 0.3) is 0 Å². The van der Waals surface area contributed by atoms with Crippen LogP contribution in [0.2, 0.25) is 0 Å². The van der Waals surface area contributed by atoms with Crippen LogP contribution in [0.4, 0.5) is 5.69 Å². The van der Waals surface area contributed by atoms with Crippen molar-refractivity contribution in [2.75, 3.05) is 32.2 Å². The Morgan fingerprint density at radius 2 is 1.73 bits per heavy atom. The van der Waals surface area contributed by atoms with Gasteiger partial charge in [-0.25, -0.2) is 0 Å². The number of methoxy groups -OCH3 is 1. The summed E-state index contributed by atoms with van der Waals surface area (Å²) in [4.78, 5) is 12.3. The highest BCUT2D eigenvalue weighted by Gasteiger charge is 2.16. The fourth-order valence-corrected chi connectivity index (χ4v) is 2.20. The summed E-state index contributed by atoms with van der Waals surface area (Å²) in [5.41, 5.74) is 0.669. The van der Waals surface area contributed by atoms with Gasteiger partial charge in [-0.15, -0.1) is 0 Å². The Labute approximate surface area is 154 Å². The average Bonchev–Trinajstić information content (AvgIpc) is 2.67. The molecule has 0 aliphatic rings. The number of ether oxygens (including phenoxy) is 4. The molecule has 1 atom stereocenters. The maximum atomic E-state index is 12.3. The van der Waals surface area contributed by atoms with E-state index in [1.165, 1.54) is 0 Å². The molecular formula is C20H25NO5. The quantitative estimate of drug-likeness (QED) is 0.658. The molecule has 0 fully saturated rings. The van der Waals surface area contributed by atoms with Crippen LogP contribution in [0.15, 0.2) is 48.5 Å². The van der Waals surface area contributed by atoms with Gasteiger partial charge < -0.3 is 24.3 Å². The number of carbonyl (C=O) groups is 1. The first-order valence-corrected chi connectivity index (χ1v) is 8.55. The zero-order chi connectivity index (χ0) is 18.8. The Hall–Kier alpha value is -2.73. The summed E-state index contributed by atoms with van der Waals surface area (Å²) in [6.45, 7) is 5.34. The van der Waals surface area contributed by atoms with Crippen molar-refractivity contribution in [2.45, 2.75) is 20.0 Å². The van der Waals surface area contributed by atoms with Gasteiger partial charge in [0.2, 0.25) is 0 Å². The second-order valence-electron chi connectivity index (χ2n) is 5.47. The van der Waals surface area contributed by atoms with E-state index < -0.39 is 6.10 Å². The number of hydrogen-bond acceptors (Lipinski definition) is 5. The zero-order valence-electron chi connectivity index (χ0n) is 15.4. The number of anilines is 1. The molecule has 0 aliphatic heterocycles. The van der Waals surface area contributed by atoms with Crippen LogP contribution in [0, 0.1) is 0 Å². The molecule has 6 nitrogen and oxygen atoms in total. The van der Waals surface area contributed by atoms with Crippen LogP contribution in [0.5, 0.6) is 17.2 Å². The van der Waals surface area contributed by atoms with Crippen LogP contribution in [0.3, 0.4) is 0 Å². The molecule has 0 saturated heterocycles. The largest absolute Gasteiger partial charge is 0.493 e. The van der Waals surface area contributed by atoms with Crippen molar-refractivity contribution in [3.05, 3.63) is 48.5 Å². The molecule has 2 aromatic carbocycles. The second-order valence-corrected chi connectivity index (χ2v) is 5.47. The van der Waals surface area contributed by atoms with Gasteiger partial charge in [-0.3, -0.25) is 4.79 Å². The summed E-state index contributed by atoms with van der Waals surface area (Å²) in [6.07, 6.45) is -0.673. The molecule has 0 aliphatic carbocycles. The van der Waals surface area contributed by atoms with Crippen LogP contribution >= 0.6 is 0 Å². The fourth-order valence-electron chi connectivity index (χ4n) is 2.20. The molecule has 1 unspecified atom stereocenters. The van der Waals surface area contributed by atoms with E-state index in [9.17, 15) is 4.79 Å². The van der Waals surface area contributed by atoms with E-state index in [1.807, 2.05) is 19.1 Å². The van der Waals surface area contributed by atoms with Crippen LogP contribution in [0.1, 0.15) is 13.8 Å². The zero-order valence-corrected chi connectivity index (χ0v) is 15.4. The van der Waals surface area contributed by atoms with Gasteiger partial charge in [-0.05, 0) is 50.2 Å². The molecule has 26 heavy (non-hydrogen) atoms. The molecule has 1 amide bonds. The maximum Gasteiger partial charge on any atom is 0.265 e. The third kappa shape index (κ3) is 5.97. The second kappa shape index (κ2) is 10.3. The minimum Gasteiger partial charge on any atom is -0.493 e. The Kier molecular flexibility index (Phi) is 7.76. The lowest BCUT2D eigenvalue weighted by Crippen LogP contribution is -2.30. The van der Waals surface area contributed by atoms with Crippen molar-refractivity contribution in [3.63, 3.8) is 0 Å². The minimum absolute atomic E-state index is 0.249. The lowest BCUT2D eigenvalue weighted by Gasteiger charge is -2.16.